The van der Waals surface area contributed by atoms with E-state index >= 15 is 0 Å². The van der Waals surface area contributed by atoms with Crippen molar-refractivity contribution in [2.45, 2.75) is 51.9 Å². The zero-order chi connectivity index (χ0) is 15.3. The number of fused-ring (bicyclic) bond motifs is 1. The van der Waals surface area contributed by atoms with Crippen molar-refractivity contribution in [1.29, 1.82) is 0 Å². The maximum atomic E-state index is 12.8. The Kier molecular flexibility index (Phi) is 3.54. The van der Waals surface area contributed by atoms with E-state index in [9.17, 15) is 8.42 Å². The molecule has 0 radical (unpaired) electrons. The summed E-state index contributed by atoms with van der Waals surface area (Å²) >= 11 is 0. The van der Waals surface area contributed by atoms with Crippen LogP contribution in [0.15, 0.2) is 23.1 Å². The summed E-state index contributed by atoms with van der Waals surface area (Å²) in [6.07, 6.45) is 0. The van der Waals surface area contributed by atoms with Crippen molar-refractivity contribution >= 4 is 10.0 Å². The van der Waals surface area contributed by atoms with E-state index in [2.05, 4.69) is 34.6 Å². The molecule has 112 valence electrons. The molecule has 2 rings (SSSR count). The molecule has 0 bridgehead atoms. The molecule has 0 aliphatic carbocycles. The highest BCUT2D eigenvalue weighted by molar-refractivity contribution is 7.89. The summed E-state index contributed by atoms with van der Waals surface area (Å²) in [5.74, 6) is 0. The highest BCUT2D eigenvalue weighted by atomic mass is 32.2. The molecule has 1 heterocycles. The van der Waals surface area contributed by atoms with Gasteiger partial charge in [-0.05, 0) is 24.0 Å². The second kappa shape index (κ2) is 4.57. The molecule has 1 aromatic carbocycles. The minimum absolute atomic E-state index is 0.0502. The quantitative estimate of drug-likeness (QED) is 0.797. The Bertz CT molecular complexity index is 624. The van der Waals surface area contributed by atoms with E-state index in [1.807, 2.05) is 19.1 Å². The van der Waals surface area contributed by atoms with Gasteiger partial charge < -0.3 is 0 Å². The van der Waals surface area contributed by atoms with Crippen LogP contribution in [0.4, 0.5) is 0 Å². The van der Waals surface area contributed by atoms with Gasteiger partial charge in [0.05, 0.1) is 4.90 Å². The fourth-order valence-corrected chi connectivity index (χ4v) is 5.00. The molecular weight excluding hydrogens is 270 g/mol. The Labute approximate surface area is 123 Å². The van der Waals surface area contributed by atoms with Gasteiger partial charge in [-0.25, -0.2) is 8.42 Å². The first-order chi connectivity index (χ1) is 8.93. The van der Waals surface area contributed by atoms with Crippen molar-refractivity contribution < 1.29 is 8.42 Å². The van der Waals surface area contributed by atoms with Crippen LogP contribution in [-0.2, 0) is 15.4 Å². The van der Waals surface area contributed by atoms with Crippen LogP contribution in [0.2, 0.25) is 0 Å². The summed E-state index contributed by atoms with van der Waals surface area (Å²) in [7, 11) is -3.37. The largest absolute Gasteiger partial charge is 0.243 e. The van der Waals surface area contributed by atoms with Crippen molar-refractivity contribution in [3.8, 4) is 0 Å². The monoisotopic (exact) mass is 295 g/mol. The number of hydrogen-bond acceptors (Lipinski definition) is 2. The van der Waals surface area contributed by atoms with Gasteiger partial charge in [0.1, 0.15) is 0 Å². The van der Waals surface area contributed by atoms with Crippen molar-refractivity contribution in [2.75, 3.05) is 13.1 Å². The van der Waals surface area contributed by atoms with Crippen LogP contribution in [-0.4, -0.2) is 25.8 Å². The van der Waals surface area contributed by atoms with E-state index in [0.717, 1.165) is 11.1 Å². The fraction of sp³-hybridized carbons (Fsp3) is 0.625. The number of sulfonamides is 1. The van der Waals surface area contributed by atoms with Crippen LogP contribution in [0.1, 0.15) is 45.7 Å². The summed E-state index contributed by atoms with van der Waals surface area (Å²) in [6, 6.07) is 5.66. The number of benzene rings is 1. The zero-order valence-corrected chi connectivity index (χ0v) is 14.1. The summed E-state index contributed by atoms with van der Waals surface area (Å²) < 4.78 is 27.3. The molecule has 0 unspecified atom stereocenters. The Hall–Kier alpha value is -0.870. The Morgan fingerprint density at radius 2 is 1.85 bits per heavy atom. The Balaban J connectivity index is 2.58. The van der Waals surface area contributed by atoms with Crippen molar-refractivity contribution in [3.63, 3.8) is 0 Å². The minimum Gasteiger partial charge on any atom is -0.207 e. The molecule has 1 aliphatic rings. The molecule has 0 N–H and O–H groups in total. The van der Waals surface area contributed by atoms with Gasteiger partial charge in [0.2, 0.25) is 10.0 Å². The average molecular weight is 295 g/mol. The van der Waals surface area contributed by atoms with Gasteiger partial charge in [0.15, 0.2) is 0 Å². The van der Waals surface area contributed by atoms with Crippen LogP contribution in [0.25, 0.3) is 0 Å². The normalized spacial score (nSPS) is 21.5. The third-order valence-corrected chi connectivity index (χ3v) is 5.55. The molecule has 0 fully saturated rings. The van der Waals surface area contributed by atoms with E-state index in [-0.39, 0.29) is 10.8 Å². The molecule has 0 saturated heterocycles. The van der Waals surface area contributed by atoms with Gasteiger partial charge >= 0.3 is 0 Å². The lowest BCUT2D eigenvalue weighted by molar-refractivity contribution is 0.239. The molecule has 0 aromatic heterocycles. The molecule has 1 aromatic rings. The van der Waals surface area contributed by atoms with Gasteiger partial charge in [-0.1, -0.05) is 52.3 Å². The summed E-state index contributed by atoms with van der Waals surface area (Å²) in [4.78, 5) is 0.476. The van der Waals surface area contributed by atoms with Crippen molar-refractivity contribution in [1.82, 2.24) is 4.31 Å². The fourth-order valence-electron chi connectivity index (χ4n) is 2.82. The van der Waals surface area contributed by atoms with E-state index in [4.69, 9.17) is 0 Å². The van der Waals surface area contributed by atoms with Crippen LogP contribution in [0.3, 0.4) is 0 Å². The van der Waals surface area contributed by atoms with Crippen molar-refractivity contribution in [2.24, 2.45) is 5.41 Å². The Morgan fingerprint density at radius 1 is 1.25 bits per heavy atom. The van der Waals surface area contributed by atoms with Gasteiger partial charge in [-0.15, -0.1) is 0 Å². The number of rotatable bonds is 1. The molecule has 0 atom stereocenters. The van der Waals surface area contributed by atoms with Crippen LogP contribution in [0, 0.1) is 12.3 Å². The standard InChI is InChI=1S/C16H25NO2S/c1-12-7-8-14-13(9-12)16(5,6)11-17(20(14,18)19)10-15(2,3)4/h7-9H,10-11H2,1-6H3. The summed E-state index contributed by atoms with van der Waals surface area (Å²) in [6.45, 7) is 13.5. The molecule has 3 nitrogen and oxygen atoms in total. The van der Waals surface area contributed by atoms with E-state index < -0.39 is 10.0 Å². The first-order valence-electron chi connectivity index (χ1n) is 7.05. The van der Waals surface area contributed by atoms with Gasteiger partial charge in [-0.3, -0.25) is 0 Å². The second-order valence-corrected chi connectivity index (χ2v) is 9.62. The minimum atomic E-state index is -3.37. The number of nitrogens with zero attached hydrogens (tertiary/aromatic N) is 1. The zero-order valence-electron chi connectivity index (χ0n) is 13.3. The Morgan fingerprint density at radius 3 is 2.40 bits per heavy atom. The third kappa shape index (κ3) is 2.77. The maximum absolute atomic E-state index is 12.8. The SMILES string of the molecule is Cc1ccc2c(c1)C(C)(C)CN(CC(C)(C)C)S2(=O)=O. The van der Waals surface area contributed by atoms with Gasteiger partial charge in [0, 0.05) is 18.5 Å². The lowest BCUT2D eigenvalue weighted by atomic mass is 9.83. The van der Waals surface area contributed by atoms with Gasteiger partial charge in [-0.2, -0.15) is 4.31 Å². The molecular formula is C16H25NO2S. The molecule has 20 heavy (non-hydrogen) atoms. The number of hydrogen-bond donors (Lipinski definition) is 0. The molecule has 4 heteroatoms. The average Bonchev–Trinajstić information content (AvgIpc) is 2.24. The van der Waals surface area contributed by atoms with Crippen LogP contribution >= 0.6 is 0 Å². The van der Waals surface area contributed by atoms with E-state index in [1.165, 1.54) is 0 Å². The van der Waals surface area contributed by atoms with Gasteiger partial charge in [0.25, 0.3) is 0 Å². The summed E-state index contributed by atoms with van der Waals surface area (Å²) in [5, 5.41) is 0. The lowest BCUT2D eigenvalue weighted by Crippen LogP contribution is -2.49. The molecule has 0 amide bonds. The smallest absolute Gasteiger partial charge is 0.207 e. The predicted molar refractivity (Wildman–Crippen MR) is 82.4 cm³/mol. The number of aryl methyl sites for hydroxylation is 1. The van der Waals surface area contributed by atoms with Crippen molar-refractivity contribution in [3.05, 3.63) is 29.3 Å². The highest BCUT2D eigenvalue weighted by Crippen LogP contribution is 2.39. The predicted octanol–water partition coefficient (Wildman–Crippen LogP) is 3.32. The van der Waals surface area contributed by atoms with E-state index in [1.54, 1.807) is 10.4 Å². The molecule has 1 aliphatic heterocycles. The lowest BCUT2D eigenvalue weighted by Gasteiger charge is -2.41. The molecule has 0 saturated carbocycles. The molecule has 0 spiro atoms. The topological polar surface area (TPSA) is 37.4 Å². The first kappa shape index (κ1) is 15.5. The van der Waals surface area contributed by atoms with Crippen LogP contribution in [0.5, 0.6) is 0 Å². The maximum Gasteiger partial charge on any atom is 0.243 e. The van der Waals surface area contributed by atoms with E-state index in [0.29, 0.717) is 18.0 Å². The summed E-state index contributed by atoms with van der Waals surface area (Å²) in [5.41, 5.74) is 1.85. The first-order valence-corrected chi connectivity index (χ1v) is 8.49. The third-order valence-electron chi connectivity index (χ3n) is 3.70. The van der Waals surface area contributed by atoms with Crippen LogP contribution < -0.4 is 0 Å². The second-order valence-electron chi connectivity index (χ2n) is 7.72. The highest BCUT2D eigenvalue weighted by Gasteiger charge is 2.42.